The van der Waals surface area contributed by atoms with E-state index >= 15 is 0 Å². The number of ether oxygens (including phenoxy) is 1. The summed E-state index contributed by atoms with van der Waals surface area (Å²) in [5.74, 6) is -0.608. The van der Waals surface area contributed by atoms with Gasteiger partial charge in [-0.3, -0.25) is 4.79 Å². The first-order chi connectivity index (χ1) is 14.2. The van der Waals surface area contributed by atoms with Crippen LogP contribution in [0.3, 0.4) is 0 Å². The average Bonchev–Trinajstić information content (AvgIpc) is 3.08. The number of nitrogens with one attached hydrogen (secondary N) is 1. The van der Waals surface area contributed by atoms with Gasteiger partial charge in [-0.25, -0.2) is 4.79 Å². The number of halogens is 1. The van der Waals surface area contributed by atoms with Crippen LogP contribution in [0.4, 0.5) is 5.00 Å². The summed E-state index contributed by atoms with van der Waals surface area (Å²) in [4.78, 5) is 25.5. The minimum atomic E-state index is -0.432. The lowest BCUT2D eigenvalue weighted by molar-refractivity contribution is -0.115. The first-order valence-electron chi connectivity index (χ1n) is 9.69. The number of anilines is 1. The van der Waals surface area contributed by atoms with Gasteiger partial charge in [0, 0.05) is 15.4 Å². The fourth-order valence-electron chi connectivity index (χ4n) is 3.01. The minimum absolute atomic E-state index is 0.176. The molecule has 4 nitrogen and oxygen atoms in total. The molecule has 0 aliphatic carbocycles. The van der Waals surface area contributed by atoms with Crippen molar-refractivity contribution >= 4 is 44.1 Å². The molecule has 0 bridgehead atoms. The Morgan fingerprint density at radius 3 is 2.40 bits per heavy atom. The standard InChI is InChI=1S/C24H24BrNO3S/c1-14(2)29-24(28)22-20(18-8-5-15(3)16(4)11-18)13-30-23(22)26-21(27)12-17-6-9-19(25)10-7-17/h5-11,13-14H,12H2,1-4H3,(H,26,27). The third kappa shape index (κ3) is 5.37. The molecule has 0 aliphatic rings. The Morgan fingerprint density at radius 1 is 1.07 bits per heavy atom. The quantitative estimate of drug-likeness (QED) is 0.403. The van der Waals surface area contributed by atoms with Gasteiger partial charge in [-0.15, -0.1) is 11.3 Å². The van der Waals surface area contributed by atoms with Crippen molar-refractivity contribution in [3.63, 3.8) is 0 Å². The van der Waals surface area contributed by atoms with Gasteiger partial charge in [0.05, 0.1) is 12.5 Å². The largest absolute Gasteiger partial charge is 0.459 e. The van der Waals surface area contributed by atoms with Crippen LogP contribution < -0.4 is 5.32 Å². The van der Waals surface area contributed by atoms with Crippen LogP contribution in [0.1, 0.15) is 40.9 Å². The number of carbonyl (C=O) groups excluding carboxylic acids is 2. The second kappa shape index (κ2) is 9.58. The summed E-state index contributed by atoms with van der Waals surface area (Å²) in [7, 11) is 0. The molecule has 0 saturated heterocycles. The maximum Gasteiger partial charge on any atom is 0.342 e. The van der Waals surface area contributed by atoms with Crippen molar-refractivity contribution in [2.24, 2.45) is 0 Å². The molecule has 1 heterocycles. The van der Waals surface area contributed by atoms with Gasteiger partial charge in [-0.05, 0) is 62.1 Å². The maximum absolute atomic E-state index is 12.9. The van der Waals surface area contributed by atoms with E-state index in [9.17, 15) is 9.59 Å². The van der Waals surface area contributed by atoms with Crippen molar-refractivity contribution in [2.45, 2.75) is 40.2 Å². The molecule has 0 unspecified atom stereocenters. The molecule has 156 valence electrons. The van der Waals surface area contributed by atoms with Gasteiger partial charge >= 0.3 is 5.97 Å². The lowest BCUT2D eigenvalue weighted by atomic mass is 9.99. The number of hydrogen-bond acceptors (Lipinski definition) is 4. The number of rotatable bonds is 6. The van der Waals surface area contributed by atoms with Crippen molar-refractivity contribution < 1.29 is 14.3 Å². The molecule has 1 aromatic heterocycles. The van der Waals surface area contributed by atoms with E-state index in [4.69, 9.17) is 4.74 Å². The van der Waals surface area contributed by atoms with E-state index in [1.54, 1.807) is 0 Å². The predicted molar refractivity (Wildman–Crippen MR) is 126 cm³/mol. The van der Waals surface area contributed by atoms with E-state index in [0.717, 1.165) is 26.7 Å². The first-order valence-corrected chi connectivity index (χ1v) is 11.4. The van der Waals surface area contributed by atoms with Gasteiger partial charge in [0.25, 0.3) is 0 Å². The summed E-state index contributed by atoms with van der Waals surface area (Å²) in [6.45, 7) is 7.71. The highest BCUT2D eigenvalue weighted by Crippen LogP contribution is 2.37. The van der Waals surface area contributed by atoms with Crippen LogP contribution in [-0.2, 0) is 16.0 Å². The highest BCUT2D eigenvalue weighted by molar-refractivity contribution is 9.10. The summed E-state index contributed by atoms with van der Waals surface area (Å²) in [5, 5.41) is 5.32. The van der Waals surface area contributed by atoms with Crippen molar-refractivity contribution in [2.75, 3.05) is 5.32 Å². The highest BCUT2D eigenvalue weighted by atomic mass is 79.9. The third-order valence-corrected chi connectivity index (χ3v) is 6.11. The number of amides is 1. The Bertz CT molecular complexity index is 1070. The minimum Gasteiger partial charge on any atom is -0.459 e. The topological polar surface area (TPSA) is 55.4 Å². The zero-order chi connectivity index (χ0) is 21.8. The van der Waals surface area contributed by atoms with Gasteiger partial charge < -0.3 is 10.1 Å². The highest BCUT2D eigenvalue weighted by Gasteiger charge is 2.24. The molecule has 3 rings (SSSR count). The zero-order valence-corrected chi connectivity index (χ0v) is 19.8. The number of thiophene rings is 1. The van der Waals surface area contributed by atoms with Crippen molar-refractivity contribution in [3.8, 4) is 11.1 Å². The molecule has 1 amide bonds. The van der Waals surface area contributed by atoms with Gasteiger partial charge in [-0.1, -0.05) is 46.3 Å². The van der Waals surface area contributed by atoms with E-state index < -0.39 is 5.97 Å². The number of benzene rings is 2. The summed E-state index contributed by atoms with van der Waals surface area (Å²) < 4.78 is 6.44. The molecule has 0 fully saturated rings. The Kier molecular flexibility index (Phi) is 7.10. The Labute approximate surface area is 189 Å². The number of aryl methyl sites for hydroxylation is 2. The summed E-state index contributed by atoms with van der Waals surface area (Å²) in [5.41, 5.74) is 5.33. The van der Waals surface area contributed by atoms with Crippen molar-refractivity contribution in [3.05, 3.63) is 74.6 Å². The van der Waals surface area contributed by atoms with Crippen LogP contribution in [0, 0.1) is 13.8 Å². The average molecular weight is 486 g/mol. The summed E-state index contributed by atoms with van der Waals surface area (Å²) in [6, 6.07) is 13.7. The monoisotopic (exact) mass is 485 g/mol. The molecular weight excluding hydrogens is 462 g/mol. The van der Waals surface area contributed by atoms with Crippen molar-refractivity contribution in [1.82, 2.24) is 0 Å². The molecule has 2 aromatic carbocycles. The number of carbonyl (C=O) groups is 2. The van der Waals surface area contributed by atoms with Crippen LogP contribution in [0.25, 0.3) is 11.1 Å². The van der Waals surface area contributed by atoms with Crippen LogP contribution >= 0.6 is 27.3 Å². The molecule has 0 radical (unpaired) electrons. The fourth-order valence-corrected chi connectivity index (χ4v) is 4.24. The van der Waals surface area contributed by atoms with Crippen LogP contribution in [-0.4, -0.2) is 18.0 Å². The van der Waals surface area contributed by atoms with Gasteiger partial charge in [0.2, 0.25) is 5.91 Å². The Hall–Kier alpha value is -2.44. The summed E-state index contributed by atoms with van der Waals surface area (Å²) >= 11 is 4.73. The molecule has 0 aliphatic heterocycles. The lowest BCUT2D eigenvalue weighted by Crippen LogP contribution is -2.18. The van der Waals surface area contributed by atoms with Crippen LogP contribution in [0.2, 0.25) is 0 Å². The molecule has 30 heavy (non-hydrogen) atoms. The second-order valence-electron chi connectivity index (χ2n) is 7.46. The smallest absolute Gasteiger partial charge is 0.342 e. The van der Waals surface area contributed by atoms with E-state index in [0.29, 0.717) is 10.6 Å². The molecule has 3 aromatic rings. The molecule has 1 N–H and O–H groups in total. The van der Waals surface area contributed by atoms with Gasteiger partial charge in [0.1, 0.15) is 10.6 Å². The van der Waals surface area contributed by atoms with Crippen LogP contribution in [0.15, 0.2) is 52.3 Å². The van der Waals surface area contributed by atoms with E-state index in [-0.39, 0.29) is 18.4 Å². The lowest BCUT2D eigenvalue weighted by Gasteiger charge is -2.12. The SMILES string of the molecule is Cc1ccc(-c2csc(NC(=O)Cc3ccc(Br)cc3)c2C(=O)OC(C)C)cc1C. The number of hydrogen-bond donors (Lipinski definition) is 1. The van der Waals surface area contributed by atoms with Crippen LogP contribution in [0.5, 0.6) is 0 Å². The van der Waals surface area contributed by atoms with Gasteiger partial charge in [0.15, 0.2) is 0 Å². The second-order valence-corrected chi connectivity index (χ2v) is 9.25. The zero-order valence-electron chi connectivity index (χ0n) is 17.4. The normalized spacial score (nSPS) is 10.9. The van der Waals surface area contributed by atoms with E-state index in [2.05, 4.69) is 34.2 Å². The molecular formula is C24H24BrNO3S. The molecule has 0 spiro atoms. The number of esters is 1. The Morgan fingerprint density at radius 2 is 1.77 bits per heavy atom. The maximum atomic E-state index is 12.9. The van der Waals surface area contributed by atoms with E-state index in [1.165, 1.54) is 16.9 Å². The molecule has 0 saturated carbocycles. The predicted octanol–water partition coefficient (Wildman–Crippen LogP) is 6.54. The van der Waals surface area contributed by atoms with E-state index in [1.807, 2.05) is 62.5 Å². The molecule has 6 heteroatoms. The molecule has 0 atom stereocenters. The first kappa shape index (κ1) is 22.2. The van der Waals surface area contributed by atoms with Gasteiger partial charge in [-0.2, -0.15) is 0 Å². The fraction of sp³-hybridized carbons (Fsp3) is 0.250. The van der Waals surface area contributed by atoms with Crippen molar-refractivity contribution in [1.29, 1.82) is 0 Å². The summed E-state index contributed by atoms with van der Waals surface area (Å²) in [6.07, 6.45) is -0.0284. The third-order valence-electron chi connectivity index (χ3n) is 4.69. The Balaban J connectivity index is 1.92.